The fourth-order valence-electron chi connectivity index (χ4n) is 1.96. The summed E-state index contributed by atoms with van der Waals surface area (Å²) in [6.07, 6.45) is 1.34. The minimum Gasteiger partial charge on any atom is -0.462 e. The van der Waals surface area contributed by atoms with E-state index in [0.717, 1.165) is 0 Å². The Bertz CT molecular complexity index is 661. The number of nitrogens with zero attached hydrogens (tertiary/aromatic N) is 1. The second-order valence-electron chi connectivity index (χ2n) is 4.08. The number of carbonyl (C=O) groups excluding carboxylic acids is 1. The molecule has 0 bridgehead atoms. The summed E-state index contributed by atoms with van der Waals surface area (Å²) >= 11 is 3.25. The van der Waals surface area contributed by atoms with Crippen LogP contribution in [-0.4, -0.2) is 24.1 Å². The third-order valence-electron chi connectivity index (χ3n) is 2.74. The van der Waals surface area contributed by atoms with Crippen LogP contribution < -0.4 is 5.32 Å². The summed E-state index contributed by atoms with van der Waals surface area (Å²) in [5, 5.41) is 3.63. The Kier molecular flexibility index (Phi) is 4.54. The molecule has 106 valence electrons. The first-order valence-corrected chi connectivity index (χ1v) is 7.06. The molecule has 0 saturated carbocycles. The second kappa shape index (κ2) is 6.17. The molecule has 2 aromatic rings. The molecular weight excluding hydrogens is 327 g/mol. The highest BCUT2D eigenvalue weighted by Crippen LogP contribution is 2.30. The van der Waals surface area contributed by atoms with Gasteiger partial charge in [-0.3, -0.25) is 4.98 Å². The van der Waals surface area contributed by atoms with E-state index >= 15 is 0 Å². The molecule has 0 aliphatic rings. The molecule has 0 radical (unpaired) electrons. The van der Waals surface area contributed by atoms with Crippen molar-refractivity contribution >= 4 is 38.5 Å². The van der Waals surface area contributed by atoms with Crippen LogP contribution in [0.1, 0.15) is 24.2 Å². The van der Waals surface area contributed by atoms with Crippen molar-refractivity contribution in [2.45, 2.75) is 13.8 Å². The maximum Gasteiger partial charge on any atom is 0.341 e. The molecule has 0 fully saturated rings. The molecular formula is C14H14BrFN2O2. The summed E-state index contributed by atoms with van der Waals surface area (Å²) in [6.45, 7) is 4.50. The number of nitrogens with one attached hydrogen (secondary N) is 1. The highest BCUT2D eigenvalue weighted by Gasteiger charge is 2.18. The number of rotatable bonds is 4. The Morgan fingerprint density at radius 1 is 1.45 bits per heavy atom. The van der Waals surface area contributed by atoms with Gasteiger partial charge in [0, 0.05) is 22.6 Å². The van der Waals surface area contributed by atoms with Gasteiger partial charge in [0.2, 0.25) is 0 Å². The summed E-state index contributed by atoms with van der Waals surface area (Å²) in [5.41, 5.74) is 1.06. The van der Waals surface area contributed by atoms with E-state index in [-0.39, 0.29) is 12.1 Å². The predicted octanol–water partition coefficient (Wildman–Crippen LogP) is 3.74. The first-order valence-electron chi connectivity index (χ1n) is 6.27. The molecule has 1 aromatic carbocycles. The molecule has 0 atom stereocenters. The number of hydrogen-bond acceptors (Lipinski definition) is 4. The zero-order valence-corrected chi connectivity index (χ0v) is 12.8. The van der Waals surface area contributed by atoms with Crippen molar-refractivity contribution in [3.8, 4) is 0 Å². The lowest BCUT2D eigenvalue weighted by Gasteiger charge is -2.13. The van der Waals surface area contributed by atoms with Crippen molar-refractivity contribution in [1.29, 1.82) is 0 Å². The summed E-state index contributed by atoms with van der Waals surface area (Å²) in [4.78, 5) is 16.0. The SMILES string of the molecule is CCNc1c(C(=O)OCC)cnc2c(F)cc(Br)cc12. The molecule has 0 amide bonds. The summed E-state index contributed by atoms with van der Waals surface area (Å²) in [5.74, 6) is -0.915. The van der Waals surface area contributed by atoms with Crippen LogP contribution in [0.4, 0.5) is 10.1 Å². The molecule has 0 aliphatic carbocycles. The van der Waals surface area contributed by atoms with E-state index < -0.39 is 11.8 Å². The van der Waals surface area contributed by atoms with E-state index in [1.165, 1.54) is 12.3 Å². The predicted molar refractivity (Wildman–Crippen MR) is 79.5 cm³/mol. The molecule has 1 aromatic heterocycles. The van der Waals surface area contributed by atoms with Crippen LogP contribution in [0.15, 0.2) is 22.8 Å². The van der Waals surface area contributed by atoms with E-state index in [2.05, 4.69) is 26.2 Å². The maximum absolute atomic E-state index is 13.9. The zero-order valence-electron chi connectivity index (χ0n) is 11.2. The van der Waals surface area contributed by atoms with Crippen LogP contribution in [0.25, 0.3) is 10.9 Å². The molecule has 0 aliphatic heterocycles. The van der Waals surface area contributed by atoms with Gasteiger partial charge < -0.3 is 10.1 Å². The number of ether oxygens (including phenoxy) is 1. The monoisotopic (exact) mass is 340 g/mol. The van der Waals surface area contributed by atoms with Crippen molar-refractivity contribution in [3.63, 3.8) is 0 Å². The quantitative estimate of drug-likeness (QED) is 0.861. The van der Waals surface area contributed by atoms with Crippen LogP contribution in [0.3, 0.4) is 0 Å². The number of fused-ring (bicyclic) bond motifs is 1. The molecule has 1 N–H and O–H groups in total. The van der Waals surface area contributed by atoms with Gasteiger partial charge in [-0.15, -0.1) is 0 Å². The molecule has 2 rings (SSSR count). The van der Waals surface area contributed by atoms with Crippen LogP contribution in [-0.2, 0) is 4.74 Å². The minimum absolute atomic E-state index is 0.220. The number of hydrogen-bond donors (Lipinski definition) is 1. The lowest BCUT2D eigenvalue weighted by Crippen LogP contribution is -2.11. The third kappa shape index (κ3) is 2.75. The second-order valence-corrected chi connectivity index (χ2v) is 5.00. The van der Waals surface area contributed by atoms with E-state index in [1.54, 1.807) is 13.0 Å². The number of benzene rings is 1. The van der Waals surface area contributed by atoms with Crippen LogP contribution in [0.5, 0.6) is 0 Å². The normalized spacial score (nSPS) is 10.6. The van der Waals surface area contributed by atoms with Gasteiger partial charge in [0.15, 0.2) is 5.82 Å². The number of carbonyl (C=O) groups is 1. The molecule has 0 saturated heterocycles. The van der Waals surface area contributed by atoms with Gasteiger partial charge in [-0.1, -0.05) is 15.9 Å². The summed E-state index contributed by atoms with van der Waals surface area (Å²) < 4.78 is 19.5. The smallest absolute Gasteiger partial charge is 0.341 e. The molecule has 6 heteroatoms. The Morgan fingerprint density at radius 2 is 2.20 bits per heavy atom. The standard InChI is InChI=1S/C14H14BrFN2O2/c1-3-17-12-9-5-8(15)6-11(16)13(9)18-7-10(12)14(19)20-4-2/h5-7H,3-4H2,1-2H3,(H,17,18). The highest BCUT2D eigenvalue weighted by atomic mass is 79.9. The van der Waals surface area contributed by atoms with Crippen molar-refractivity contribution < 1.29 is 13.9 Å². The third-order valence-corrected chi connectivity index (χ3v) is 3.20. The van der Waals surface area contributed by atoms with Crippen molar-refractivity contribution in [3.05, 3.63) is 34.2 Å². The fraction of sp³-hybridized carbons (Fsp3) is 0.286. The maximum atomic E-state index is 13.9. The average molecular weight is 341 g/mol. The van der Waals surface area contributed by atoms with Crippen LogP contribution in [0.2, 0.25) is 0 Å². The number of anilines is 1. The molecule has 0 unspecified atom stereocenters. The van der Waals surface area contributed by atoms with Gasteiger partial charge in [-0.05, 0) is 26.0 Å². The Hall–Kier alpha value is -1.69. The van der Waals surface area contributed by atoms with E-state index in [0.29, 0.717) is 27.7 Å². The summed E-state index contributed by atoms with van der Waals surface area (Å²) in [6, 6.07) is 3.07. The molecule has 1 heterocycles. The number of pyridine rings is 1. The first-order chi connectivity index (χ1) is 9.58. The van der Waals surface area contributed by atoms with Crippen molar-refractivity contribution in [2.75, 3.05) is 18.5 Å². The average Bonchev–Trinajstić information content (AvgIpc) is 2.39. The Labute approximate surface area is 124 Å². The van der Waals surface area contributed by atoms with Gasteiger partial charge in [0.1, 0.15) is 11.1 Å². The van der Waals surface area contributed by atoms with Gasteiger partial charge in [0.25, 0.3) is 0 Å². The van der Waals surface area contributed by atoms with Crippen molar-refractivity contribution in [2.24, 2.45) is 0 Å². The van der Waals surface area contributed by atoms with Gasteiger partial charge in [-0.25, -0.2) is 9.18 Å². The van der Waals surface area contributed by atoms with Crippen LogP contribution in [0, 0.1) is 5.82 Å². The number of halogens is 2. The van der Waals surface area contributed by atoms with E-state index in [9.17, 15) is 9.18 Å². The highest BCUT2D eigenvalue weighted by molar-refractivity contribution is 9.10. The summed E-state index contributed by atoms with van der Waals surface area (Å²) in [7, 11) is 0. The Morgan fingerprint density at radius 3 is 2.85 bits per heavy atom. The van der Waals surface area contributed by atoms with E-state index in [1.807, 2.05) is 6.92 Å². The minimum atomic E-state index is -0.474. The molecule has 20 heavy (non-hydrogen) atoms. The van der Waals surface area contributed by atoms with Gasteiger partial charge in [0.05, 0.1) is 12.3 Å². The van der Waals surface area contributed by atoms with Gasteiger partial charge in [-0.2, -0.15) is 0 Å². The van der Waals surface area contributed by atoms with E-state index in [4.69, 9.17) is 4.74 Å². The molecule has 0 spiro atoms. The van der Waals surface area contributed by atoms with Crippen molar-refractivity contribution in [1.82, 2.24) is 4.98 Å². The largest absolute Gasteiger partial charge is 0.462 e. The zero-order chi connectivity index (χ0) is 14.7. The van der Waals surface area contributed by atoms with Crippen LogP contribution >= 0.6 is 15.9 Å². The first kappa shape index (κ1) is 14.7. The van der Waals surface area contributed by atoms with Gasteiger partial charge >= 0.3 is 5.97 Å². The Balaban J connectivity index is 2.71. The molecule has 4 nitrogen and oxygen atoms in total. The lowest BCUT2D eigenvalue weighted by molar-refractivity contribution is 0.0527. The number of esters is 1. The lowest BCUT2D eigenvalue weighted by atomic mass is 10.1. The fourth-order valence-corrected chi connectivity index (χ4v) is 2.39. The number of aromatic nitrogens is 1. The topological polar surface area (TPSA) is 51.2 Å².